The zero-order valence-electron chi connectivity index (χ0n) is 19.0. The summed E-state index contributed by atoms with van der Waals surface area (Å²) in [5, 5.41) is 8.89. The molecule has 9 heteroatoms. The maximum atomic E-state index is 14.7. The minimum atomic E-state index is -4.27. The van der Waals surface area contributed by atoms with Crippen molar-refractivity contribution in [2.24, 2.45) is 5.73 Å². The van der Waals surface area contributed by atoms with Gasteiger partial charge in [-0.05, 0) is 64.6 Å². The Morgan fingerprint density at radius 2 is 1.83 bits per heavy atom. The predicted octanol–water partition coefficient (Wildman–Crippen LogP) is 3.83. The minimum absolute atomic E-state index is 0.0526. The van der Waals surface area contributed by atoms with Gasteiger partial charge in [0.05, 0.1) is 17.0 Å². The Kier molecular flexibility index (Phi) is 6.72. The molecule has 3 aromatic rings. The highest BCUT2D eigenvalue weighted by molar-refractivity contribution is 7.85. The quantitative estimate of drug-likeness (QED) is 0.503. The summed E-state index contributed by atoms with van der Waals surface area (Å²) in [6.07, 6.45) is 0.671. The van der Waals surface area contributed by atoms with Gasteiger partial charge in [-0.25, -0.2) is 4.39 Å². The highest BCUT2D eigenvalue weighted by Gasteiger charge is 2.31. The normalized spacial score (nSPS) is 16.0. The van der Waals surface area contributed by atoms with Gasteiger partial charge in [0, 0.05) is 31.5 Å². The Hall–Kier alpha value is -3.58. The van der Waals surface area contributed by atoms with Crippen LogP contribution in [0.15, 0.2) is 65.6 Å². The summed E-state index contributed by atoms with van der Waals surface area (Å²) in [7, 11) is -4.27. The van der Waals surface area contributed by atoms with Crippen molar-refractivity contribution in [3.05, 3.63) is 83.2 Å². The van der Waals surface area contributed by atoms with Gasteiger partial charge in [0.25, 0.3) is 10.1 Å². The Labute approximate surface area is 203 Å². The van der Waals surface area contributed by atoms with Gasteiger partial charge in [0.1, 0.15) is 5.82 Å². The van der Waals surface area contributed by atoms with Gasteiger partial charge in [0.2, 0.25) is 5.91 Å². The molecule has 1 aliphatic rings. The van der Waals surface area contributed by atoms with Crippen molar-refractivity contribution in [1.82, 2.24) is 0 Å². The third-order valence-electron chi connectivity index (χ3n) is 6.24. The number of hydrogen-bond donors (Lipinski definition) is 2. The lowest BCUT2D eigenvalue weighted by Crippen LogP contribution is -2.27. The van der Waals surface area contributed by atoms with Crippen LogP contribution in [0.25, 0.3) is 11.1 Å². The molecule has 3 N–H and O–H groups in total. The third-order valence-corrected chi connectivity index (χ3v) is 7.10. The van der Waals surface area contributed by atoms with Crippen LogP contribution in [0.2, 0.25) is 0 Å². The van der Waals surface area contributed by atoms with Crippen LogP contribution in [-0.2, 0) is 27.8 Å². The highest BCUT2D eigenvalue weighted by Crippen LogP contribution is 2.41. The second kappa shape index (κ2) is 9.58. The summed E-state index contributed by atoms with van der Waals surface area (Å²) in [6.45, 7) is 1.97. The summed E-state index contributed by atoms with van der Waals surface area (Å²) in [6, 6.07) is 17.6. The molecule has 1 heterocycles. The van der Waals surface area contributed by atoms with Gasteiger partial charge in [-0.2, -0.15) is 13.7 Å². The number of carbonyl (C=O) groups is 1. The number of nitrogens with two attached hydrogens (primary N) is 1. The van der Waals surface area contributed by atoms with Crippen LogP contribution in [0.5, 0.6) is 0 Å². The van der Waals surface area contributed by atoms with E-state index in [1.54, 1.807) is 29.2 Å². The van der Waals surface area contributed by atoms with Gasteiger partial charge < -0.3 is 10.6 Å². The van der Waals surface area contributed by atoms with E-state index in [1.807, 2.05) is 24.3 Å². The third kappa shape index (κ3) is 5.25. The van der Waals surface area contributed by atoms with Crippen molar-refractivity contribution < 1.29 is 22.2 Å². The fourth-order valence-electron chi connectivity index (χ4n) is 4.45. The largest absolute Gasteiger partial charge is 0.316 e. The summed E-state index contributed by atoms with van der Waals surface area (Å²) in [5.41, 5.74) is 10.0. The lowest BCUT2D eigenvalue weighted by Gasteiger charge is -2.15. The van der Waals surface area contributed by atoms with Crippen LogP contribution in [0.1, 0.15) is 29.5 Å². The first-order chi connectivity index (χ1) is 16.6. The molecule has 1 unspecified atom stereocenters. The topological polar surface area (TPSA) is 124 Å². The average Bonchev–Trinajstić information content (AvgIpc) is 3.18. The number of nitriles is 1. The van der Waals surface area contributed by atoms with Gasteiger partial charge >= 0.3 is 0 Å². The SMILES string of the molecule is CC(=O)N1CC(Cc2ccc(S(=O)(=O)O)cc2)c2cc(-c3ccc(C[C@H](N)C#N)c(F)c3)ccc21. The van der Waals surface area contributed by atoms with E-state index < -0.39 is 22.0 Å². The molecule has 7 nitrogen and oxygen atoms in total. The first-order valence-corrected chi connectivity index (χ1v) is 12.4. The smallest absolute Gasteiger partial charge is 0.294 e. The first-order valence-electron chi connectivity index (χ1n) is 11.0. The van der Waals surface area contributed by atoms with Gasteiger partial charge in [-0.15, -0.1) is 0 Å². The molecular weight excluding hydrogens is 469 g/mol. The number of hydrogen-bond acceptors (Lipinski definition) is 5. The Balaban J connectivity index is 1.65. The summed E-state index contributed by atoms with van der Waals surface area (Å²) < 4.78 is 46.5. The van der Waals surface area contributed by atoms with Gasteiger partial charge in [-0.1, -0.05) is 30.3 Å². The molecule has 0 aliphatic carbocycles. The minimum Gasteiger partial charge on any atom is -0.316 e. The fraction of sp³-hybridized carbons (Fsp3) is 0.231. The van der Waals surface area contributed by atoms with Crippen molar-refractivity contribution in [3.63, 3.8) is 0 Å². The molecule has 4 rings (SSSR count). The van der Waals surface area contributed by atoms with Crippen LogP contribution in [-0.4, -0.2) is 31.5 Å². The van der Waals surface area contributed by atoms with Crippen molar-refractivity contribution >= 4 is 21.7 Å². The molecule has 3 aromatic carbocycles. The van der Waals surface area contributed by atoms with E-state index in [2.05, 4.69) is 0 Å². The zero-order chi connectivity index (χ0) is 25.3. The number of rotatable bonds is 6. The molecule has 180 valence electrons. The number of nitrogens with zero attached hydrogens (tertiary/aromatic N) is 2. The average molecular weight is 494 g/mol. The summed E-state index contributed by atoms with van der Waals surface area (Å²) >= 11 is 0. The molecule has 0 saturated heterocycles. The van der Waals surface area contributed by atoms with E-state index >= 15 is 0 Å². The molecule has 0 spiro atoms. The van der Waals surface area contributed by atoms with Crippen LogP contribution < -0.4 is 10.6 Å². The first kappa shape index (κ1) is 24.5. The standard InChI is InChI=1S/C26H24FN3O4S/c1-16(31)30-15-21(10-17-2-7-23(8-3-17)35(32,33)34)24-12-18(6-9-26(24)30)19-4-5-20(25(27)13-19)11-22(29)14-28/h2-9,12-13,21-22H,10-11,15,29H2,1H3,(H,32,33,34)/t21?,22-/m0/s1. The molecule has 1 aliphatic heterocycles. The fourth-order valence-corrected chi connectivity index (χ4v) is 4.93. The van der Waals surface area contributed by atoms with Crippen molar-refractivity contribution in [1.29, 1.82) is 5.26 Å². The summed E-state index contributed by atoms with van der Waals surface area (Å²) in [4.78, 5) is 13.8. The monoisotopic (exact) mass is 493 g/mol. The Morgan fingerprint density at radius 1 is 1.17 bits per heavy atom. The van der Waals surface area contributed by atoms with E-state index in [0.717, 1.165) is 22.4 Å². The molecule has 0 bridgehead atoms. The zero-order valence-corrected chi connectivity index (χ0v) is 19.8. The second-order valence-corrected chi connectivity index (χ2v) is 10.1. The van der Waals surface area contributed by atoms with E-state index in [9.17, 15) is 22.2 Å². The van der Waals surface area contributed by atoms with Crippen LogP contribution in [0.4, 0.5) is 10.1 Å². The number of carbonyl (C=O) groups excluding carboxylic acids is 1. The number of fused-ring (bicyclic) bond motifs is 1. The number of halogens is 1. The molecule has 0 fully saturated rings. The number of benzene rings is 3. The van der Waals surface area contributed by atoms with Crippen LogP contribution in [0, 0.1) is 17.1 Å². The predicted molar refractivity (Wildman–Crippen MR) is 130 cm³/mol. The lowest BCUT2D eigenvalue weighted by atomic mass is 9.91. The Morgan fingerprint density at radius 3 is 2.43 bits per heavy atom. The molecule has 0 aromatic heterocycles. The maximum absolute atomic E-state index is 14.7. The van der Waals surface area contributed by atoms with Crippen molar-refractivity contribution in [2.45, 2.75) is 36.6 Å². The van der Waals surface area contributed by atoms with E-state index in [-0.39, 0.29) is 23.1 Å². The van der Waals surface area contributed by atoms with Crippen LogP contribution >= 0.6 is 0 Å². The lowest BCUT2D eigenvalue weighted by molar-refractivity contribution is -0.116. The maximum Gasteiger partial charge on any atom is 0.294 e. The molecule has 2 atom stereocenters. The second-order valence-electron chi connectivity index (χ2n) is 8.67. The molecular formula is C26H24FN3O4S. The van der Waals surface area contributed by atoms with E-state index in [4.69, 9.17) is 11.0 Å². The molecule has 0 saturated carbocycles. The number of anilines is 1. The summed E-state index contributed by atoms with van der Waals surface area (Å²) in [5.74, 6) is -0.579. The van der Waals surface area contributed by atoms with E-state index in [1.165, 1.54) is 25.1 Å². The Bertz CT molecular complexity index is 1430. The molecule has 35 heavy (non-hydrogen) atoms. The van der Waals surface area contributed by atoms with Gasteiger partial charge in [-0.3, -0.25) is 9.35 Å². The highest BCUT2D eigenvalue weighted by atomic mass is 32.2. The molecule has 1 amide bonds. The van der Waals surface area contributed by atoms with E-state index in [0.29, 0.717) is 24.1 Å². The van der Waals surface area contributed by atoms with Gasteiger partial charge in [0.15, 0.2) is 0 Å². The van der Waals surface area contributed by atoms with Crippen molar-refractivity contribution in [2.75, 3.05) is 11.4 Å². The number of amides is 1. The van der Waals surface area contributed by atoms with Crippen molar-refractivity contribution in [3.8, 4) is 17.2 Å². The molecule has 0 radical (unpaired) electrons. The van der Waals surface area contributed by atoms with Crippen LogP contribution in [0.3, 0.4) is 0 Å².